The average molecular weight is 219 g/mol. The number of morpholine rings is 1. The largest absolute Gasteiger partial charge is 0.371 e. The van der Waals surface area contributed by atoms with E-state index in [0.717, 1.165) is 19.1 Å². The van der Waals surface area contributed by atoms with Crippen molar-refractivity contribution in [3.63, 3.8) is 0 Å². The molecule has 0 bridgehead atoms. The van der Waals surface area contributed by atoms with Crippen LogP contribution in [0.5, 0.6) is 0 Å². The Labute approximate surface area is 98.0 Å². The van der Waals surface area contributed by atoms with Gasteiger partial charge in [-0.25, -0.2) is 0 Å². The van der Waals surface area contributed by atoms with E-state index in [1.54, 1.807) is 0 Å². The van der Waals surface area contributed by atoms with Gasteiger partial charge in [-0.15, -0.1) is 0 Å². The smallest absolute Gasteiger partial charge is 0.0950 e. The third-order valence-corrected chi connectivity index (χ3v) is 3.02. The van der Waals surface area contributed by atoms with Crippen LogP contribution < -0.4 is 5.32 Å². The van der Waals surface area contributed by atoms with Crippen LogP contribution in [0.3, 0.4) is 0 Å². The summed E-state index contributed by atoms with van der Waals surface area (Å²) in [6.45, 7) is 6.27. The molecule has 1 aromatic rings. The molecule has 2 heteroatoms. The van der Waals surface area contributed by atoms with Crippen LogP contribution in [0.15, 0.2) is 30.3 Å². The Morgan fingerprint density at radius 2 is 2.06 bits per heavy atom. The summed E-state index contributed by atoms with van der Waals surface area (Å²) in [5.41, 5.74) is 1.28. The first-order valence-corrected chi connectivity index (χ1v) is 6.15. The predicted octanol–water partition coefficient (Wildman–Crippen LogP) is 2.76. The van der Waals surface area contributed by atoms with Crippen molar-refractivity contribution in [3.8, 4) is 0 Å². The van der Waals surface area contributed by atoms with Crippen molar-refractivity contribution in [1.82, 2.24) is 5.32 Å². The Morgan fingerprint density at radius 3 is 2.62 bits per heavy atom. The lowest BCUT2D eigenvalue weighted by atomic mass is 10.0. The van der Waals surface area contributed by atoms with Crippen LogP contribution >= 0.6 is 0 Å². The minimum atomic E-state index is 0.226. The van der Waals surface area contributed by atoms with Crippen LogP contribution in [-0.2, 0) is 4.74 Å². The van der Waals surface area contributed by atoms with Crippen molar-refractivity contribution in [2.24, 2.45) is 5.92 Å². The summed E-state index contributed by atoms with van der Waals surface area (Å²) in [4.78, 5) is 0. The zero-order valence-electron chi connectivity index (χ0n) is 10.1. The number of nitrogens with one attached hydrogen (secondary N) is 1. The molecule has 0 aliphatic carbocycles. The number of hydrogen-bond acceptors (Lipinski definition) is 2. The van der Waals surface area contributed by atoms with E-state index in [9.17, 15) is 0 Å². The van der Waals surface area contributed by atoms with E-state index in [1.807, 2.05) is 6.07 Å². The maximum absolute atomic E-state index is 5.92. The van der Waals surface area contributed by atoms with Crippen LogP contribution in [0.2, 0.25) is 0 Å². The molecular formula is C14H21NO. The molecule has 1 heterocycles. The third kappa shape index (κ3) is 3.06. The van der Waals surface area contributed by atoms with E-state index >= 15 is 0 Å². The van der Waals surface area contributed by atoms with Crippen molar-refractivity contribution in [3.05, 3.63) is 35.9 Å². The molecule has 0 aromatic heterocycles. The molecule has 1 fully saturated rings. The first-order valence-electron chi connectivity index (χ1n) is 6.15. The highest BCUT2D eigenvalue weighted by Crippen LogP contribution is 2.21. The number of hydrogen-bond donors (Lipinski definition) is 1. The monoisotopic (exact) mass is 219 g/mol. The molecule has 0 amide bonds. The summed E-state index contributed by atoms with van der Waals surface area (Å²) < 4.78 is 5.92. The summed E-state index contributed by atoms with van der Waals surface area (Å²) >= 11 is 0. The summed E-state index contributed by atoms with van der Waals surface area (Å²) in [7, 11) is 0. The second kappa shape index (κ2) is 5.46. The third-order valence-electron chi connectivity index (χ3n) is 3.02. The van der Waals surface area contributed by atoms with Gasteiger partial charge in [0.2, 0.25) is 0 Å². The van der Waals surface area contributed by atoms with Gasteiger partial charge in [0.1, 0.15) is 0 Å². The topological polar surface area (TPSA) is 21.3 Å². The second-order valence-electron chi connectivity index (χ2n) is 4.97. The van der Waals surface area contributed by atoms with E-state index in [4.69, 9.17) is 4.74 Å². The quantitative estimate of drug-likeness (QED) is 0.844. The molecule has 1 N–H and O–H groups in total. The van der Waals surface area contributed by atoms with Crippen LogP contribution in [0, 0.1) is 5.92 Å². The fraction of sp³-hybridized carbons (Fsp3) is 0.571. The highest BCUT2D eigenvalue weighted by Gasteiger charge is 2.22. The van der Waals surface area contributed by atoms with Gasteiger partial charge in [-0.05, 0) is 17.9 Å². The maximum atomic E-state index is 5.92. The Kier molecular flexibility index (Phi) is 3.97. The molecule has 1 saturated heterocycles. The van der Waals surface area contributed by atoms with Gasteiger partial charge >= 0.3 is 0 Å². The molecule has 88 valence electrons. The van der Waals surface area contributed by atoms with Crippen LogP contribution in [0.4, 0.5) is 0 Å². The van der Waals surface area contributed by atoms with E-state index in [0.29, 0.717) is 6.04 Å². The van der Waals surface area contributed by atoms with Gasteiger partial charge in [-0.2, -0.15) is 0 Å². The van der Waals surface area contributed by atoms with Gasteiger partial charge in [0.05, 0.1) is 12.7 Å². The van der Waals surface area contributed by atoms with E-state index in [1.165, 1.54) is 12.0 Å². The van der Waals surface area contributed by atoms with Gasteiger partial charge in [-0.3, -0.25) is 0 Å². The van der Waals surface area contributed by atoms with Crippen molar-refractivity contribution >= 4 is 0 Å². The molecule has 1 aromatic carbocycles. The van der Waals surface area contributed by atoms with Gasteiger partial charge in [-0.1, -0.05) is 44.2 Å². The Balaban J connectivity index is 1.86. The van der Waals surface area contributed by atoms with Crippen LogP contribution in [-0.4, -0.2) is 19.2 Å². The predicted molar refractivity (Wildman–Crippen MR) is 66.4 cm³/mol. The van der Waals surface area contributed by atoms with Gasteiger partial charge < -0.3 is 10.1 Å². The Hall–Kier alpha value is -0.860. The van der Waals surface area contributed by atoms with E-state index in [2.05, 4.69) is 43.4 Å². The summed E-state index contributed by atoms with van der Waals surface area (Å²) in [6.07, 6.45) is 1.42. The van der Waals surface area contributed by atoms with Crippen molar-refractivity contribution in [1.29, 1.82) is 0 Å². The lowest BCUT2D eigenvalue weighted by Crippen LogP contribution is -2.43. The van der Waals surface area contributed by atoms with Crippen molar-refractivity contribution in [2.45, 2.75) is 32.4 Å². The standard InChI is InChI=1S/C14H21NO/c1-11(2)8-13-10-16-14(9-15-13)12-6-4-3-5-7-12/h3-7,11,13-15H,8-10H2,1-2H3. The van der Waals surface area contributed by atoms with Crippen molar-refractivity contribution < 1.29 is 4.74 Å². The summed E-state index contributed by atoms with van der Waals surface area (Å²) in [5, 5.41) is 3.57. The molecule has 2 unspecified atom stereocenters. The minimum Gasteiger partial charge on any atom is -0.371 e. The maximum Gasteiger partial charge on any atom is 0.0950 e. The zero-order valence-corrected chi connectivity index (χ0v) is 10.1. The normalized spacial score (nSPS) is 25.9. The van der Waals surface area contributed by atoms with E-state index < -0.39 is 0 Å². The SMILES string of the molecule is CC(C)CC1COC(c2ccccc2)CN1. The molecule has 0 spiro atoms. The lowest BCUT2D eigenvalue weighted by Gasteiger charge is -2.31. The first-order chi connectivity index (χ1) is 7.75. The zero-order chi connectivity index (χ0) is 11.4. The fourth-order valence-corrected chi connectivity index (χ4v) is 2.23. The molecule has 1 aliphatic rings. The van der Waals surface area contributed by atoms with Gasteiger partial charge in [0.15, 0.2) is 0 Å². The average Bonchev–Trinajstić information content (AvgIpc) is 2.30. The van der Waals surface area contributed by atoms with E-state index in [-0.39, 0.29) is 6.10 Å². The molecule has 1 aliphatic heterocycles. The fourth-order valence-electron chi connectivity index (χ4n) is 2.23. The highest BCUT2D eigenvalue weighted by molar-refractivity contribution is 5.18. The van der Waals surface area contributed by atoms with Gasteiger partial charge in [0.25, 0.3) is 0 Å². The molecular weight excluding hydrogens is 198 g/mol. The molecule has 0 radical (unpaired) electrons. The summed E-state index contributed by atoms with van der Waals surface area (Å²) in [5.74, 6) is 0.731. The Bertz CT molecular complexity index is 302. The number of benzene rings is 1. The Morgan fingerprint density at radius 1 is 1.31 bits per heavy atom. The molecule has 0 saturated carbocycles. The number of rotatable bonds is 3. The molecule has 2 atom stereocenters. The summed E-state index contributed by atoms with van der Waals surface area (Å²) in [6, 6.07) is 11.0. The highest BCUT2D eigenvalue weighted by atomic mass is 16.5. The molecule has 2 rings (SSSR count). The van der Waals surface area contributed by atoms with Crippen LogP contribution in [0.25, 0.3) is 0 Å². The molecule has 2 nitrogen and oxygen atoms in total. The van der Waals surface area contributed by atoms with Gasteiger partial charge in [0, 0.05) is 12.6 Å². The second-order valence-corrected chi connectivity index (χ2v) is 4.97. The van der Waals surface area contributed by atoms with Crippen LogP contribution in [0.1, 0.15) is 31.9 Å². The lowest BCUT2D eigenvalue weighted by molar-refractivity contribution is -0.00130. The molecule has 16 heavy (non-hydrogen) atoms. The number of ether oxygens (including phenoxy) is 1. The first kappa shape index (κ1) is 11.6. The minimum absolute atomic E-state index is 0.226. The van der Waals surface area contributed by atoms with Crippen molar-refractivity contribution in [2.75, 3.05) is 13.2 Å².